The summed E-state index contributed by atoms with van der Waals surface area (Å²) >= 11 is 6.25. The van der Waals surface area contributed by atoms with Gasteiger partial charge in [-0.25, -0.2) is 9.67 Å². The van der Waals surface area contributed by atoms with Gasteiger partial charge in [0.15, 0.2) is 5.69 Å². The SMILES string of the molecule is Cc1cc(=O)c(C(=O)Nc2ccc(N3CCOCC3)nc2)nn1-c1ccccc1Cl. The number of aryl methyl sites for hydroxylation is 1. The van der Waals surface area contributed by atoms with Crippen LogP contribution in [0.5, 0.6) is 0 Å². The van der Waals surface area contributed by atoms with E-state index in [1.807, 2.05) is 12.1 Å². The average molecular weight is 426 g/mol. The van der Waals surface area contributed by atoms with Crippen molar-refractivity contribution < 1.29 is 9.53 Å². The Bertz CT molecular complexity index is 1120. The maximum atomic E-state index is 12.7. The van der Waals surface area contributed by atoms with Crippen LogP contribution in [0.15, 0.2) is 53.5 Å². The minimum Gasteiger partial charge on any atom is -0.378 e. The number of carbonyl (C=O) groups is 1. The highest BCUT2D eigenvalue weighted by Crippen LogP contribution is 2.20. The molecule has 1 N–H and O–H groups in total. The van der Waals surface area contributed by atoms with Gasteiger partial charge in [0.2, 0.25) is 5.43 Å². The molecule has 1 aliphatic rings. The highest BCUT2D eigenvalue weighted by molar-refractivity contribution is 6.32. The van der Waals surface area contributed by atoms with Crippen molar-refractivity contribution in [1.82, 2.24) is 14.8 Å². The van der Waals surface area contributed by atoms with Crippen LogP contribution >= 0.6 is 11.6 Å². The second kappa shape index (κ2) is 8.64. The van der Waals surface area contributed by atoms with Crippen LogP contribution in [0.25, 0.3) is 5.69 Å². The molecule has 154 valence electrons. The first-order valence-electron chi connectivity index (χ1n) is 9.49. The van der Waals surface area contributed by atoms with E-state index in [1.165, 1.54) is 10.7 Å². The fourth-order valence-electron chi connectivity index (χ4n) is 3.20. The zero-order valence-electron chi connectivity index (χ0n) is 16.3. The third kappa shape index (κ3) is 4.19. The van der Waals surface area contributed by atoms with Crippen molar-refractivity contribution in [2.45, 2.75) is 6.92 Å². The molecule has 1 amide bonds. The molecule has 1 saturated heterocycles. The third-order valence-electron chi connectivity index (χ3n) is 4.74. The number of nitrogens with one attached hydrogen (secondary N) is 1. The molecule has 30 heavy (non-hydrogen) atoms. The molecule has 3 aromatic rings. The van der Waals surface area contributed by atoms with E-state index < -0.39 is 11.3 Å². The number of para-hydroxylation sites is 1. The summed E-state index contributed by atoms with van der Waals surface area (Å²) in [5.74, 6) is 0.201. The number of nitrogens with zero attached hydrogens (tertiary/aromatic N) is 4. The number of halogens is 1. The van der Waals surface area contributed by atoms with Gasteiger partial charge in [-0.1, -0.05) is 23.7 Å². The standard InChI is InChI=1S/C21H20ClN5O3/c1-14-12-18(28)20(25-27(14)17-5-3-2-4-16(17)22)21(29)24-15-6-7-19(23-13-15)26-8-10-30-11-9-26/h2-7,12-13H,8-11H2,1H3,(H,24,29). The molecule has 9 heteroatoms. The van der Waals surface area contributed by atoms with Crippen LogP contribution in [0.1, 0.15) is 16.2 Å². The van der Waals surface area contributed by atoms with Crippen molar-refractivity contribution in [3.05, 3.63) is 75.3 Å². The van der Waals surface area contributed by atoms with Crippen LogP contribution in [0.4, 0.5) is 11.5 Å². The first-order chi connectivity index (χ1) is 14.5. The Morgan fingerprint density at radius 1 is 1.17 bits per heavy atom. The van der Waals surface area contributed by atoms with Crippen LogP contribution in [-0.2, 0) is 4.74 Å². The lowest BCUT2D eigenvalue weighted by molar-refractivity contribution is 0.101. The smallest absolute Gasteiger partial charge is 0.280 e. The monoisotopic (exact) mass is 425 g/mol. The lowest BCUT2D eigenvalue weighted by atomic mass is 10.2. The number of ether oxygens (including phenoxy) is 1. The Labute approximate surface area is 178 Å². The highest BCUT2D eigenvalue weighted by atomic mass is 35.5. The number of rotatable bonds is 4. The molecule has 0 bridgehead atoms. The number of benzene rings is 1. The molecule has 0 atom stereocenters. The molecule has 1 fully saturated rings. The number of carbonyl (C=O) groups excluding carboxylic acids is 1. The van der Waals surface area contributed by atoms with Gasteiger partial charge in [0.1, 0.15) is 5.82 Å². The minimum atomic E-state index is -0.610. The first kappa shape index (κ1) is 20.1. The predicted molar refractivity (Wildman–Crippen MR) is 115 cm³/mol. The summed E-state index contributed by atoms with van der Waals surface area (Å²) in [7, 11) is 0. The molecule has 1 aromatic carbocycles. The number of anilines is 2. The normalized spacial score (nSPS) is 13.9. The lowest BCUT2D eigenvalue weighted by Gasteiger charge is -2.27. The van der Waals surface area contributed by atoms with E-state index in [9.17, 15) is 9.59 Å². The topological polar surface area (TPSA) is 89.3 Å². The zero-order chi connectivity index (χ0) is 21.1. The van der Waals surface area contributed by atoms with Gasteiger partial charge in [0, 0.05) is 24.8 Å². The van der Waals surface area contributed by atoms with Crippen LogP contribution in [0, 0.1) is 6.92 Å². The van der Waals surface area contributed by atoms with E-state index in [1.54, 1.807) is 37.4 Å². The van der Waals surface area contributed by atoms with Gasteiger partial charge < -0.3 is 15.0 Å². The van der Waals surface area contributed by atoms with Crippen molar-refractivity contribution >= 4 is 29.0 Å². The molecule has 2 aromatic heterocycles. The molecular formula is C21H20ClN5O3. The molecule has 0 aliphatic carbocycles. The van der Waals surface area contributed by atoms with Crippen molar-refractivity contribution in [2.24, 2.45) is 0 Å². The van der Waals surface area contributed by atoms with Gasteiger partial charge in [-0.3, -0.25) is 9.59 Å². The Morgan fingerprint density at radius 3 is 2.63 bits per heavy atom. The Kier molecular flexibility index (Phi) is 5.78. The van der Waals surface area contributed by atoms with Crippen LogP contribution in [-0.4, -0.2) is 47.0 Å². The molecule has 8 nitrogen and oxygen atoms in total. The van der Waals surface area contributed by atoms with Crippen LogP contribution < -0.4 is 15.6 Å². The predicted octanol–water partition coefficient (Wildman–Crippen LogP) is 2.68. The number of amides is 1. The Hall–Kier alpha value is -3.23. The number of pyridine rings is 1. The van der Waals surface area contributed by atoms with Crippen molar-refractivity contribution in [3.8, 4) is 5.69 Å². The maximum Gasteiger partial charge on any atom is 0.280 e. The Morgan fingerprint density at radius 2 is 1.93 bits per heavy atom. The minimum absolute atomic E-state index is 0.224. The largest absolute Gasteiger partial charge is 0.378 e. The molecule has 0 spiro atoms. The van der Waals surface area contributed by atoms with Crippen molar-refractivity contribution in [2.75, 3.05) is 36.5 Å². The van der Waals surface area contributed by atoms with E-state index >= 15 is 0 Å². The molecule has 1 aliphatic heterocycles. The quantitative estimate of drug-likeness (QED) is 0.691. The number of hydrogen-bond acceptors (Lipinski definition) is 6. The maximum absolute atomic E-state index is 12.7. The van der Waals surface area contributed by atoms with Gasteiger partial charge in [0.25, 0.3) is 5.91 Å². The van der Waals surface area contributed by atoms with Crippen molar-refractivity contribution in [1.29, 1.82) is 0 Å². The van der Waals surface area contributed by atoms with E-state index in [0.29, 0.717) is 35.3 Å². The molecular weight excluding hydrogens is 406 g/mol. The first-order valence-corrected chi connectivity index (χ1v) is 9.87. The average Bonchev–Trinajstić information content (AvgIpc) is 2.76. The zero-order valence-corrected chi connectivity index (χ0v) is 17.1. The van der Waals surface area contributed by atoms with Gasteiger partial charge in [-0.2, -0.15) is 5.10 Å². The highest BCUT2D eigenvalue weighted by Gasteiger charge is 2.17. The van der Waals surface area contributed by atoms with E-state index in [2.05, 4.69) is 20.3 Å². The summed E-state index contributed by atoms with van der Waals surface area (Å²) in [6.07, 6.45) is 1.56. The third-order valence-corrected chi connectivity index (χ3v) is 5.06. The lowest BCUT2D eigenvalue weighted by Crippen LogP contribution is -2.36. The number of hydrogen-bond donors (Lipinski definition) is 1. The van der Waals surface area contributed by atoms with E-state index in [0.717, 1.165) is 18.9 Å². The Balaban J connectivity index is 1.57. The van der Waals surface area contributed by atoms with E-state index in [4.69, 9.17) is 16.3 Å². The molecule has 4 rings (SSSR count). The summed E-state index contributed by atoms with van der Waals surface area (Å²) in [6, 6.07) is 12.0. The number of aromatic nitrogens is 3. The van der Waals surface area contributed by atoms with Gasteiger partial charge in [0.05, 0.1) is 35.8 Å². The summed E-state index contributed by atoms with van der Waals surface area (Å²) in [5.41, 5.74) is 0.940. The summed E-state index contributed by atoms with van der Waals surface area (Å²) in [5, 5.41) is 7.41. The fraction of sp³-hybridized carbons (Fsp3) is 0.238. The van der Waals surface area contributed by atoms with E-state index in [-0.39, 0.29) is 5.69 Å². The molecule has 0 unspecified atom stereocenters. The van der Waals surface area contributed by atoms with Crippen molar-refractivity contribution in [3.63, 3.8) is 0 Å². The van der Waals surface area contributed by atoms with Gasteiger partial charge in [-0.15, -0.1) is 0 Å². The van der Waals surface area contributed by atoms with Crippen LogP contribution in [0.2, 0.25) is 5.02 Å². The van der Waals surface area contributed by atoms with Gasteiger partial charge >= 0.3 is 0 Å². The van der Waals surface area contributed by atoms with Gasteiger partial charge in [-0.05, 0) is 31.2 Å². The summed E-state index contributed by atoms with van der Waals surface area (Å²) in [4.78, 5) is 31.6. The molecule has 0 radical (unpaired) electrons. The summed E-state index contributed by atoms with van der Waals surface area (Å²) in [6.45, 7) is 4.60. The summed E-state index contributed by atoms with van der Waals surface area (Å²) < 4.78 is 6.83. The second-order valence-corrected chi connectivity index (χ2v) is 7.23. The van der Waals surface area contributed by atoms with Crippen LogP contribution in [0.3, 0.4) is 0 Å². The second-order valence-electron chi connectivity index (χ2n) is 6.82. The molecule has 3 heterocycles. The molecule has 0 saturated carbocycles. The fourth-order valence-corrected chi connectivity index (χ4v) is 3.42. The number of morpholine rings is 1.